The molecule has 2 amide bonds. The lowest BCUT2D eigenvalue weighted by Gasteiger charge is -2.14. The Morgan fingerprint density at radius 3 is 2.70 bits per heavy atom. The van der Waals surface area contributed by atoms with Crippen LogP contribution >= 0.6 is 0 Å². The van der Waals surface area contributed by atoms with Crippen LogP contribution in [0, 0.1) is 5.92 Å². The molecule has 4 rings (SSSR count). The third kappa shape index (κ3) is 4.15. The second kappa shape index (κ2) is 8.57. The lowest BCUT2D eigenvalue weighted by atomic mass is 10.1. The van der Waals surface area contributed by atoms with E-state index in [0.717, 1.165) is 36.9 Å². The molecule has 1 aliphatic carbocycles. The third-order valence-corrected chi connectivity index (χ3v) is 5.67. The fourth-order valence-electron chi connectivity index (χ4n) is 4.00. The lowest BCUT2D eigenvalue weighted by Crippen LogP contribution is -2.34. The summed E-state index contributed by atoms with van der Waals surface area (Å²) in [5, 5.41) is 5.84. The van der Waals surface area contributed by atoms with Crippen molar-refractivity contribution in [3.63, 3.8) is 0 Å². The van der Waals surface area contributed by atoms with Gasteiger partial charge in [0.15, 0.2) is 5.58 Å². The number of rotatable bonds is 6. The van der Waals surface area contributed by atoms with Crippen molar-refractivity contribution in [3.8, 4) is 0 Å². The predicted octanol–water partition coefficient (Wildman–Crippen LogP) is 3.60. The second-order valence-electron chi connectivity index (χ2n) is 7.77. The number of amides is 2. The highest BCUT2D eigenvalue weighted by Crippen LogP contribution is 2.26. The molecule has 1 aliphatic rings. The van der Waals surface area contributed by atoms with E-state index in [1.54, 1.807) is 31.2 Å². The summed E-state index contributed by atoms with van der Waals surface area (Å²) in [5.74, 6) is -0.689. The maximum absolute atomic E-state index is 12.7. The average Bonchev–Trinajstić information content (AvgIpc) is 3.39. The molecule has 1 unspecified atom stereocenters. The maximum atomic E-state index is 12.7. The van der Waals surface area contributed by atoms with Crippen molar-refractivity contribution in [2.24, 2.45) is 5.92 Å². The first kappa shape index (κ1) is 19.9. The van der Waals surface area contributed by atoms with Gasteiger partial charge in [-0.1, -0.05) is 37.1 Å². The van der Waals surface area contributed by atoms with Crippen LogP contribution in [0.15, 0.2) is 57.7 Å². The quantitative estimate of drug-likeness (QED) is 0.653. The number of fused-ring (bicyclic) bond motifs is 1. The molecule has 1 aromatic heterocycles. The number of carbonyl (C=O) groups excluding carboxylic acids is 2. The molecule has 1 fully saturated rings. The molecule has 0 spiro atoms. The molecular weight excluding hydrogens is 382 g/mol. The summed E-state index contributed by atoms with van der Waals surface area (Å²) in [4.78, 5) is 37.2. The zero-order chi connectivity index (χ0) is 21.1. The normalized spacial score (nSPS) is 15.2. The zero-order valence-electron chi connectivity index (χ0n) is 16.9. The topological polar surface area (TPSA) is 93.3 Å². The van der Waals surface area contributed by atoms with E-state index in [0.29, 0.717) is 17.6 Å². The van der Waals surface area contributed by atoms with Gasteiger partial charge in [0.05, 0.1) is 5.52 Å². The molecule has 0 saturated heterocycles. The molecule has 0 radical (unpaired) electrons. The Morgan fingerprint density at radius 2 is 1.90 bits per heavy atom. The van der Waals surface area contributed by atoms with Crippen LogP contribution in [0.25, 0.3) is 11.1 Å². The van der Waals surface area contributed by atoms with Crippen molar-refractivity contribution < 1.29 is 14.0 Å². The standard InChI is InChI=1S/C23H25N3O4/c1-15(26-19-11-4-5-12-20(19)30-23(26)29)21(27)24-14-16-7-6-10-18(13-16)25-22(28)17-8-2-3-9-17/h4-7,10-13,15,17H,2-3,8-9,14H2,1H3,(H,24,27)(H,25,28). The fraction of sp³-hybridized carbons (Fsp3) is 0.348. The van der Waals surface area contributed by atoms with Gasteiger partial charge < -0.3 is 15.1 Å². The van der Waals surface area contributed by atoms with E-state index < -0.39 is 11.8 Å². The van der Waals surface area contributed by atoms with Gasteiger partial charge in [-0.25, -0.2) is 4.79 Å². The molecule has 2 N–H and O–H groups in total. The molecule has 1 saturated carbocycles. The van der Waals surface area contributed by atoms with Gasteiger partial charge in [0.25, 0.3) is 0 Å². The Labute approximate surface area is 174 Å². The number of nitrogens with one attached hydrogen (secondary N) is 2. The maximum Gasteiger partial charge on any atom is 0.420 e. The van der Waals surface area contributed by atoms with Gasteiger partial charge in [0, 0.05) is 18.2 Å². The number of aromatic nitrogens is 1. The van der Waals surface area contributed by atoms with Crippen molar-refractivity contribution >= 4 is 28.6 Å². The molecular formula is C23H25N3O4. The molecule has 7 heteroatoms. The van der Waals surface area contributed by atoms with Crippen LogP contribution in [0.3, 0.4) is 0 Å². The molecule has 7 nitrogen and oxygen atoms in total. The zero-order valence-corrected chi connectivity index (χ0v) is 16.9. The summed E-state index contributed by atoms with van der Waals surface area (Å²) >= 11 is 0. The Bertz CT molecular complexity index is 1120. The van der Waals surface area contributed by atoms with E-state index in [2.05, 4.69) is 10.6 Å². The molecule has 1 heterocycles. The van der Waals surface area contributed by atoms with E-state index in [-0.39, 0.29) is 17.7 Å². The number of para-hydroxylation sites is 2. The van der Waals surface area contributed by atoms with Crippen LogP contribution in [0.2, 0.25) is 0 Å². The van der Waals surface area contributed by atoms with Crippen molar-refractivity contribution in [2.45, 2.75) is 45.2 Å². The molecule has 156 valence electrons. The fourth-order valence-corrected chi connectivity index (χ4v) is 4.00. The van der Waals surface area contributed by atoms with Crippen molar-refractivity contribution in [3.05, 3.63) is 64.6 Å². The van der Waals surface area contributed by atoms with Crippen LogP contribution in [0.4, 0.5) is 5.69 Å². The minimum atomic E-state index is -0.716. The van der Waals surface area contributed by atoms with Gasteiger partial charge in [-0.15, -0.1) is 0 Å². The molecule has 2 aromatic carbocycles. The largest absolute Gasteiger partial charge is 0.420 e. The van der Waals surface area contributed by atoms with Gasteiger partial charge in [0.1, 0.15) is 6.04 Å². The first-order valence-corrected chi connectivity index (χ1v) is 10.3. The number of hydrogen-bond donors (Lipinski definition) is 2. The monoisotopic (exact) mass is 407 g/mol. The van der Waals surface area contributed by atoms with E-state index >= 15 is 0 Å². The summed E-state index contributed by atoms with van der Waals surface area (Å²) in [6, 6.07) is 13.7. The lowest BCUT2D eigenvalue weighted by molar-refractivity contribution is -0.124. The van der Waals surface area contributed by atoms with Crippen LogP contribution in [0.1, 0.15) is 44.2 Å². The predicted molar refractivity (Wildman–Crippen MR) is 114 cm³/mol. The van der Waals surface area contributed by atoms with E-state index in [4.69, 9.17) is 4.42 Å². The summed E-state index contributed by atoms with van der Waals surface area (Å²) in [7, 11) is 0. The molecule has 1 atom stereocenters. The van der Waals surface area contributed by atoms with Gasteiger partial charge in [-0.2, -0.15) is 0 Å². The Hall–Kier alpha value is -3.35. The number of oxazole rings is 1. The van der Waals surface area contributed by atoms with Gasteiger partial charge in [0.2, 0.25) is 11.8 Å². The van der Waals surface area contributed by atoms with Gasteiger partial charge >= 0.3 is 5.76 Å². The van der Waals surface area contributed by atoms with E-state index in [9.17, 15) is 14.4 Å². The number of anilines is 1. The highest BCUT2D eigenvalue weighted by molar-refractivity contribution is 5.92. The first-order chi connectivity index (χ1) is 14.5. The number of hydrogen-bond acceptors (Lipinski definition) is 4. The molecule has 0 aliphatic heterocycles. The number of benzene rings is 2. The van der Waals surface area contributed by atoms with Crippen LogP contribution < -0.4 is 16.4 Å². The summed E-state index contributed by atoms with van der Waals surface area (Å²) < 4.78 is 6.57. The summed E-state index contributed by atoms with van der Waals surface area (Å²) in [6.45, 7) is 1.96. The van der Waals surface area contributed by atoms with E-state index in [1.807, 2.05) is 24.3 Å². The number of nitrogens with zero attached hydrogens (tertiary/aromatic N) is 1. The van der Waals surface area contributed by atoms with Gasteiger partial charge in [-0.05, 0) is 49.6 Å². The van der Waals surface area contributed by atoms with Gasteiger partial charge in [-0.3, -0.25) is 14.2 Å². The minimum absolute atomic E-state index is 0.0634. The Kier molecular flexibility index (Phi) is 5.70. The van der Waals surface area contributed by atoms with Crippen LogP contribution in [-0.4, -0.2) is 16.4 Å². The molecule has 3 aromatic rings. The highest BCUT2D eigenvalue weighted by Gasteiger charge is 2.23. The van der Waals surface area contributed by atoms with E-state index in [1.165, 1.54) is 4.57 Å². The van der Waals surface area contributed by atoms with Crippen molar-refractivity contribution in [2.75, 3.05) is 5.32 Å². The molecule has 0 bridgehead atoms. The number of carbonyl (C=O) groups is 2. The Morgan fingerprint density at radius 1 is 1.13 bits per heavy atom. The summed E-state index contributed by atoms with van der Waals surface area (Å²) in [5.41, 5.74) is 2.63. The Balaban J connectivity index is 1.40. The average molecular weight is 407 g/mol. The second-order valence-corrected chi connectivity index (χ2v) is 7.77. The van der Waals surface area contributed by atoms with Crippen molar-refractivity contribution in [1.82, 2.24) is 9.88 Å². The highest BCUT2D eigenvalue weighted by atomic mass is 16.4. The smallest absolute Gasteiger partial charge is 0.408 e. The third-order valence-electron chi connectivity index (χ3n) is 5.67. The van der Waals surface area contributed by atoms with Crippen LogP contribution in [0.5, 0.6) is 0 Å². The summed E-state index contributed by atoms with van der Waals surface area (Å²) in [6.07, 6.45) is 4.11. The minimum Gasteiger partial charge on any atom is -0.408 e. The first-order valence-electron chi connectivity index (χ1n) is 10.3. The van der Waals surface area contributed by atoms with Crippen molar-refractivity contribution in [1.29, 1.82) is 0 Å². The SMILES string of the molecule is CC(C(=O)NCc1cccc(NC(=O)C2CCCC2)c1)n1c(=O)oc2ccccc21. The van der Waals surface area contributed by atoms with Crippen LogP contribution in [-0.2, 0) is 16.1 Å². The molecule has 30 heavy (non-hydrogen) atoms.